The predicted molar refractivity (Wildman–Crippen MR) is 72.3 cm³/mol. The maximum absolute atomic E-state index is 12.5. The van der Waals surface area contributed by atoms with Crippen LogP contribution in [-0.4, -0.2) is 43.7 Å². The van der Waals surface area contributed by atoms with Gasteiger partial charge in [-0.1, -0.05) is 11.6 Å². The van der Waals surface area contributed by atoms with Crippen molar-refractivity contribution in [3.05, 3.63) is 28.8 Å². The van der Waals surface area contributed by atoms with Crippen molar-refractivity contribution >= 4 is 23.2 Å². The number of nitriles is 1. The molecule has 1 aliphatic heterocycles. The topological polar surface area (TPSA) is 65.4 Å². The molecule has 1 heterocycles. The summed E-state index contributed by atoms with van der Waals surface area (Å²) in [6, 6.07) is 7.14. The van der Waals surface area contributed by atoms with Gasteiger partial charge >= 0.3 is 0 Å². The van der Waals surface area contributed by atoms with Gasteiger partial charge in [0.25, 0.3) is 5.91 Å². The molecule has 1 aromatic carbocycles. The molecule has 0 aliphatic carbocycles. The molecule has 1 amide bonds. The number of nitrogens with one attached hydrogen (secondary N) is 1. The Morgan fingerprint density at radius 1 is 1.63 bits per heavy atom. The molecule has 1 saturated heterocycles. The van der Waals surface area contributed by atoms with Gasteiger partial charge in [0.05, 0.1) is 24.8 Å². The molecular weight excluding hydrogens is 266 g/mol. The van der Waals surface area contributed by atoms with Gasteiger partial charge in [0.15, 0.2) is 6.10 Å². The fraction of sp³-hybridized carbons (Fsp3) is 0.385. The molecule has 6 heteroatoms. The van der Waals surface area contributed by atoms with Gasteiger partial charge in [-0.25, -0.2) is 0 Å². The van der Waals surface area contributed by atoms with E-state index in [1.807, 2.05) is 6.07 Å². The maximum Gasteiger partial charge on any atom is 0.256 e. The molecular formula is C13H14ClN3O2. The zero-order valence-electron chi connectivity index (χ0n) is 10.5. The number of hydrogen-bond donors (Lipinski definition) is 1. The van der Waals surface area contributed by atoms with Crippen LogP contribution in [0.2, 0.25) is 5.02 Å². The molecule has 100 valence electrons. The van der Waals surface area contributed by atoms with E-state index in [0.717, 1.165) is 5.69 Å². The van der Waals surface area contributed by atoms with Crippen LogP contribution in [0.15, 0.2) is 18.2 Å². The first-order valence-electron chi connectivity index (χ1n) is 5.93. The molecule has 19 heavy (non-hydrogen) atoms. The summed E-state index contributed by atoms with van der Waals surface area (Å²) >= 11 is 5.94. The fourth-order valence-corrected chi connectivity index (χ4v) is 2.17. The summed E-state index contributed by atoms with van der Waals surface area (Å²) < 4.78 is 5.23. The minimum atomic E-state index is -0.560. The molecule has 0 aromatic heterocycles. The highest BCUT2D eigenvalue weighted by Gasteiger charge is 2.26. The molecule has 0 saturated carbocycles. The summed E-state index contributed by atoms with van der Waals surface area (Å²) in [6.45, 7) is 1.14. The van der Waals surface area contributed by atoms with Gasteiger partial charge in [-0.15, -0.1) is 0 Å². The van der Waals surface area contributed by atoms with Gasteiger partial charge in [-0.05, 0) is 18.2 Å². The first-order valence-corrected chi connectivity index (χ1v) is 6.31. The molecule has 1 unspecified atom stereocenters. The molecule has 1 fully saturated rings. The zero-order valence-corrected chi connectivity index (χ0v) is 11.3. The number of benzene rings is 1. The number of carbonyl (C=O) groups is 1. The molecule has 0 radical (unpaired) electrons. The summed E-state index contributed by atoms with van der Waals surface area (Å²) in [5.74, 6) is -0.143. The lowest BCUT2D eigenvalue weighted by Gasteiger charge is -2.30. The lowest BCUT2D eigenvalue weighted by atomic mass is 10.1. The van der Waals surface area contributed by atoms with Crippen LogP contribution in [0.5, 0.6) is 0 Å². The van der Waals surface area contributed by atoms with Gasteiger partial charge in [-0.2, -0.15) is 5.26 Å². The van der Waals surface area contributed by atoms with Crippen molar-refractivity contribution in [1.82, 2.24) is 4.90 Å². The Balaban J connectivity index is 2.24. The average molecular weight is 280 g/mol. The van der Waals surface area contributed by atoms with E-state index < -0.39 is 6.10 Å². The van der Waals surface area contributed by atoms with E-state index in [1.165, 1.54) is 0 Å². The number of rotatable bonds is 2. The maximum atomic E-state index is 12.5. The quantitative estimate of drug-likeness (QED) is 0.896. The smallest absolute Gasteiger partial charge is 0.256 e. The van der Waals surface area contributed by atoms with E-state index >= 15 is 0 Å². The van der Waals surface area contributed by atoms with E-state index in [-0.39, 0.29) is 12.5 Å². The van der Waals surface area contributed by atoms with Gasteiger partial charge in [-0.3, -0.25) is 4.79 Å². The molecule has 1 N–H and O–H groups in total. The summed E-state index contributed by atoms with van der Waals surface area (Å²) in [5, 5.41) is 12.3. The molecule has 0 bridgehead atoms. The van der Waals surface area contributed by atoms with E-state index in [0.29, 0.717) is 23.7 Å². The van der Waals surface area contributed by atoms with Crippen molar-refractivity contribution in [3.63, 3.8) is 0 Å². The number of ether oxygens (including phenoxy) is 1. The zero-order chi connectivity index (χ0) is 13.8. The van der Waals surface area contributed by atoms with Crippen LogP contribution in [0.4, 0.5) is 5.69 Å². The highest BCUT2D eigenvalue weighted by Crippen LogP contribution is 2.22. The third-order valence-corrected chi connectivity index (χ3v) is 3.21. The van der Waals surface area contributed by atoms with Gasteiger partial charge in [0.2, 0.25) is 0 Å². The van der Waals surface area contributed by atoms with E-state index in [9.17, 15) is 4.79 Å². The minimum absolute atomic E-state index is 0.143. The molecule has 5 nitrogen and oxygen atoms in total. The van der Waals surface area contributed by atoms with Crippen LogP contribution in [0.25, 0.3) is 0 Å². The molecule has 1 atom stereocenters. The first kappa shape index (κ1) is 13.7. The second-order valence-corrected chi connectivity index (χ2v) is 4.62. The van der Waals surface area contributed by atoms with Crippen molar-refractivity contribution in [2.45, 2.75) is 6.10 Å². The third-order valence-electron chi connectivity index (χ3n) is 2.98. The summed E-state index contributed by atoms with van der Waals surface area (Å²) in [5.41, 5.74) is 1.22. The van der Waals surface area contributed by atoms with E-state index in [1.54, 1.807) is 30.1 Å². The predicted octanol–water partition coefficient (Wildman–Crippen LogP) is 1.75. The van der Waals surface area contributed by atoms with Crippen LogP contribution in [0.1, 0.15) is 10.4 Å². The van der Waals surface area contributed by atoms with Crippen molar-refractivity contribution in [2.75, 3.05) is 32.1 Å². The fourth-order valence-electron chi connectivity index (χ4n) is 1.99. The normalized spacial score (nSPS) is 18.8. The molecule has 0 spiro atoms. The van der Waals surface area contributed by atoms with Crippen molar-refractivity contribution in [2.24, 2.45) is 0 Å². The monoisotopic (exact) mass is 279 g/mol. The van der Waals surface area contributed by atoms with Crippen LogP contribution in [-0.2, 0) is 4.74 Å². The second kappa shape index (κ2) is 5.91. The van der Waals surface area contributed by atoms with E-state index in [2.05, 4.69) is 5.32 Å². The Morgan fingerprint density at radius 3 is 3.11 bits per heavy atom. The molecule has 1 aromatic rings. The van der Waals surface area contributed by atoms with Crippen molar-refractivity contribution in [3.8, 4) is 6.07 Å². The summed E-state index contributed by atoms with van der Waals surface area (Å²) in [6.07, 6.45) is -0.560. The average Bonchev–Trinajstić information content (AvgIpc) is 2.46. The Kier molecular flexibility index (Phi) is 4.25. The summed E-state index contributed by atoms with van der Waals surface area (Å²) in [4.78, 5) is 14.1. The number of halogens is 1. The van der Waals surface area contributed by atoms with Gasteiger partial charge in [0.1, 0.15) is 0 Å². The highest BCUT2D eigenvalue weighted by molar-refractivity contribution is 6.31. The number of morpholine rings is 1. The lowest BCUT2D eigenvalue weighted by Crippen LogP contribution is -2.45. The Labute approximate surface area is 116 Å². The summed E-state index contributed by atoms with van der Waals surface area (Å²) in [7, 11) is 1.75. The Bertz CT molecular complexity index is 527. The Hall–Kier alpha value is -1.77. The van der Waals surface area contributed by atoms with E-state index in [4.69, 9.17) is 21.6 Å². The Morgan fingerprint density at radius 2 is 2.42 bits per heavy atom. The van der Waals surface area contributed by atoms with Crippen LogP contribution >= 0.6 is 11.6 Å². The van der Waals surface area contributed by atoms with Gasteiger partial charge in [0, 0.05) is 24.3 Å². The SMILES string of the molecule is CNc1ccc(Cl)cc1C(=O)N1CCOC(C#N)C1. The highest BCUT2D eigenvalue weighted by atomic mass is 35.5. The number of nitrogens with zero attached hydrogens (tertiary/aromatic N) is 2. The van der Waals surface area contributed by atoms with Crippen LogP contribution < -0.4 is 5.32 Å². The minimum Gasteiger partial charge on any atom is -0.387 e. The molecule has 1 aliphatic rings. The number of anilines is 1. The number of hydrogen-bond acceptors (Lipinski definition) is 4. The van der Waals surface area contributed by atoms with Crippen molar-refractivity contribution < 1.29 is 9.53 Å². The third kappa shape index (κ3) is 2.98. The van der Waals surface area contributed by atoms with Crippen molar-refractivity contribution in [1.29, 1.82) is 5.26 Å². The second-order valence-electron chi connectivity index (χ2n) is 4.18. The number of carbonyl (C=O) groups excluding carboxylic acids is 1. The number of amides is 1. The largest absolute Gasteiger partial charge is 0.387 e. The van der Waals surface area contributed by atoms with Gasteiger partial charge < -0.3 is 15.0 Å². The van der Waals surface area contributed by atoms with Crippen LogP contribution in [0, 0.1) is 11.3 Å². The standard InChI is InChI=1S/C13H14ClN3O2/c1-16-12-3-2-9(14)6-11(12)13(18)17-4-5-19-10(7-15)8-17/h2-3,6,10,16H,4-5,8H2,1H3. The van der Waals surface area contributed by atoms with Crippen LogP contribution in [0.3, 0.4) is 0 Å². The molecule has 2 rings (SSSR count). The lowest BCUT2D eigenvalue weighted by molar-refractivity contribution is 0.00351. The first-order chi connectivity index (χ1) is 9.15.